The summed E-state index contributed by atoms with van der Waals surface area (Å²) in [5.74, 6) is 0. The second kappa shape index (κ2) is 9.67. The van der Waals surface area contributed by atoms with E-state index in [4.69, 9.17) is 5.73 Å². The topological polar surface area (TPSA) is 38.0 Å². The number of hydrogen-bond acceptors (Lipinski definition) is 2. The minimum Gasteiger partial charge on any atom is -0.330 e. The Morgan fingerprint density at radius 3 is 2.29 bits per heavy atom. The summed E-state index contributed by atoms with van der Waals surface area (Å²) < 4.78 is 0. The molecule has 0 aliphatic rings. The summed E-state index contributed by atoms with van der Waals surface area (Å²) in [6, 6.07) is 0. The maximum Gasteiger partial charge on any atom is 0 e. The van der Waals surface area contributed by atoms with Crippen LogP contribution in [-0.4, -0.2) is 20.1 Å². The molecule has 3 heteroatoms. The first-order chi connectivity index (χ1) is 2.91. The molecule has 7 heavy (non-hydrogen) atoms. The average Bonchev–Trinajstić information content (AvgIpc) is 1.61. The van der Waals surface area contributed by atoms with Gasteiger partial charge in [-0.1, -0.05) is 0 Å². The molecule has 0 unspecified atom stereocenters. The van der Waals surface area contributed by atoms with E-state index in [2.05, 4.69) is 5.32 Å². The van der Waals surface area contributed by atoms with Crippen molar-refractivity contribution >= 4 is 0 Å². The SMILES string of the molecule is CNCCCN.[Cu]. The standard InChI is InChI=1S/C4H12N2.Cu/c1-6-4-2-3-5;/h6H,2-5H2,1H3;. The van der Waals surface area contributed by atoms with E-state index in [1.165, 1.54) is 0 Å². The molecule has 0 aliphatic heterocycles. The van der Waals surface area contributed by atoms with Gasteiger partial charge in [0.15, 0.2) is 0 Å². The van der Waals surface area contributed by atoms with E-state index >= 15 is 0 Å². The van der Waals surface area contributed by atoms with Crippen LogP contribution in [0, 0.1) is 0 Å². The first-order valence-corrected chi connectivity index (χ1v) is 2.26. The minimum atomic E-state index is 0. The summed E-state index contributed by atoms with van der Waals surface area (Å²) >= 11 is 0. The monoisotopic (exact) mass is 151 g/mol. The zero-order valence-corrected chi connectivity index (χ0v) is 5.44. The van der Waals surface area contributed by atoms with Gasteiger partial charge in [0.25, 0.3) is 0 Å². The van der Waals surface area contributed by atoms with Crippen molar-refractivity contribution in [2.75, 3.05) is 20.1 Å². The maximum atomic E-state index is 5.17. The van der Waals surface area contributed by atoms with Crippen molar-refractivity contribution in [3.63, 3.8) is 0 Å². The number of nitrogens with two attached hydrogens (primary N) is 1. The molecule has 0 rings (SSSR count). The molecule has 2 nitrogen and oxygen atoms in total. The van der Waals surface area contributed by atoms with Gasteiger partial charge in [0.05, 0.1) is 0 Å². The third-order valence-electron chi connectivity index (χ3n) is 0.631. The van der Waals surface area contributed by atoms with Crippen molar-refractivity contribution in [2.24, 2.45) is 5.73 Å². The van der Waals surface area contributed by atoms with E-state index in [1.54, 1.807) is 0 Å². The fourth-order valence-corrected chi connectivity index (χ4v) is 0.279. The predicted molar refractivity (Wildman–Crippen MR) is 27.6 cm³/mol. The molecule has 49 valence electrons. The molecule has 0 fully saturated rings. The fraction of sp³-hybridized carbons (Fsp3) is 1.00. The normalized spacial score (nSPS) is 7.71. The van der Waals surface area contributed by atoms with Gasteiger partial charge in [0.2, 0.25) is 0 Å². The molecule has 0 aromatic heterocycles. The molecule has 0 amide bonds. The number of rotatable bonds is 3. The molecule has 0 aromatic carbocycles. The van der Waals surface area contributed by atoms with Crippen LogP contribution in [0.25, 0.3) is 0 Å². The first-order valence-electron chi connectivity index (χ1n) is 2.26. The number of nitrogens with one attached hydrogen (secondary N) is 1. The van der Waals surface area contributed by atoms with Crippen molar-refractivity contribution in [1.82, 2.24) is 5.32 Å². The van der Waals surface area contributed by atoms with E-state index in [1.807, 2.05) is 7.05 Å². The summed E-state index contributed by atoms with van der Waals surface area (Å²) in [6.45, 7) is 1.83. The number of hydrogen-bond donors (Lipinski definition) is 2. The zero-order valence-electron chi connectivity index (χ0n) is 4.50. The second-order valence-electron chi connectivity index (χ2n) is 1.25. The van der Waals surface area contributed by atoms with Crippen LogP contribution in [0.5, 0.6) is 0 Å². The van der Waals surface area contributed by atoms with E-state index in [0.717, 1.165) is 19.5 Å². The van der Waals surface area contributed by atoms with Crippen LogP contribution in [0.2, 0.25) is 0 Å². The molecule has 1 radical (unpaired) electrons. The Bertz CT molecular complexity index is 21.7. The van der Waals surface area contributed by atoms with Gasteiger partial charge in [-0.15, -0.1) is 0 Å². The van der Waals surface area contributed by atoms with Crippen molar-refractivity contribution < 1.29 is 17.1 Å². The third kappa shape index (κ3) is 10.7. The second-order valence-corrected chi connectivity index (χ2v) is 1.25. The quantitative estimate of drug-likeness (QED) is 0.424. The Labute approximate surface area is 55.3 Å². The summed E-state index contributed by atoms with van der Waals surface area (Å²) in [6.07, 6.45) is 1.08. The van der Waals surface area contributed by atoms with Crippen molar-refractivity contribution in [3.05, 3.63) is 0 Å². The van der Waals surface area contributed by atoms with E-state index in [-0.39, 0.29) is 17.1 Å². The average molecular weight is 152 g/mol. The van der Waals surface area contributed by atoms with Crippen LogP contribution < -0.4 is 11.1 Å². The van der Waals surface area contributed by atoms with E-state index < -0.39 is 0 Å². The molecule has 0 saturated heterocycles. The van der Waals surface area contributed by atoms with Gasteiger partial charge in [-0.2, -0.15) is 0 Å². The molecule has 0 bridgehead atoms. The molecule has 0 heterocycles. The Morgan fingerprint density at radius 2 is 2.14 bits per heavy atom. The van der Waals surface area contributed by atoms with Crippen LogP contribution in [0.15, 0.2) is 0 Å². The zero-order chi connectivity index (χ0) is 4.83. The third-order valence-corrected chi connectivity index (χ3v) is 0.631. The van der Waals surface area contributed by atoms with Crippen molar-refractivity contribution in [1.29, 1.82) is 0 Å². The maximum absolute atomic E-state index is 5.17. The van der Waals surface area contributed by atoms with Crippen LogP contribution >= 0.6 is 0 Å². The molecule has 0 saturated carbocycles. The van der Waals surface area contributed by atoms with E-state index in [9.17, 15) is 0 Å². The van der Waals surface area contributed by atoms with Gasteiger partial charge in [-0.3, -0.25) is 0 Å². The molecule has 0 atom stereocenters. The fourth-order valence-electron chi connectivity index (χ4n) is 0.279. The Hall–Kier alpha value is 0.439. The largest absolute Gasteiger partial charge is 0.330 e. The van der Waals surface area contributed by atoms with Crippen LogP contribution in [0.1, 0.15) is 6.42 Å². The van der Waals surface area contributed by atoms with Crippen LogP contribution in [-0.2, 0) is 17.1 Å². The summed E-state index contributed by atoms with van der Waals surface area (Å²) in [7, 11) is 1.93. The summed E-state index contributed by atoms with van der Waals surface area (Å²) in [4.78, 5) is 0. The molecule has 0 spiro atoms. The minimum absolute atomic E-state index is 0. The Balaban J connectivity index is 0. The van der Waals surface area contributed by atoms with Crippen LogP contribution in [0.4, 0.5) is 0 Å². The molecular weight excluding hydrogens is 140 g/mol. The smallest absolute Gasteiger partial charge is 0 e. The summed E-state index contributed by atoms with van der Waals surface area (Å²) in [5.41, 5.74) is 5.17. The van der Waals surface area contributed by atoms with Gasteiger partial charge in [0, 0.05) is 17.1 Å². The molecule has 0 aliphatic carbocycles. The van der Waals surface area contributed by atoms with Gasteiger partial charge < -0.3 is 11.1 Å². The van der Waals surface area contributed by atoms with Crippen LogP contribution in [0.3, 0.4) is 0 Å². The molecular formula is C4H12CuN2. The summed E-state index contributed by atoms with van der Waals surface area (Å²) in [5, 5.41) is 2.99. The van der Waals surface area contributed by atoms with Gasteiger partial charge in [-0.25, -0.2) is 0 Å². The van der Waals surface area contributed by atoms with Crippen molar-refractivity contribution in [3.8, 4) is 0 Å². The van der Waals surface area contributed by atoms with E-state index in [0.29, 0.717) is 0 Å². The molecule has 0 aromatic rings. The molecule has 3 N–H and O–H groups in total. The van der Waals surface area contributed by atoms with Gasteiger partial charge >= 0.3 is 0 Å². The Kier molecular flexibility index (Phi) is 14.4. The predicted octanol–water partition coefficient (Wildman–Crippen LogP) is -0.448. The van der Waals surface area contributed by atoms with Gasteiger partial charge in [0.1, 0.15) is 0 Å². The van der Waals surface area contributed by atoms with Crippen molar-refractivity contribution in [2.45, 2.75) is 6.42 Å². The van der Waals surface area contributed by atoms with Gasteiger partial charge in [-0.05, 0) is 26.6 Å². The Morgan fingerprint density at radius 1 is 1.57 bits per heavy atom. The first kappa shape index (κ1) is 10.4.